The summed E-state index contributed by atoms with van der Waals surface area (Å²) in [7, 11) is 2.12. The van der Waals surface area contributed by atoms with Crippen molar-refractivity contribution in [2.75, 3.05) is 56.7 Å². The Balaban J connectivity index is 1.51. The summed E-state index contributed by atoms with van der Waals surface area (Å²) < 4.78 is 21.0. The van der Waals surface area contributed by atoms with E-state index >= 15 is 4.39 Å². The molecule has 0 saturated carbocycles. The number of fused-ring (bicyclic) bond motifs is 1. The molecule has 9 nitrogen and oxygen atoms in total. The number of amides is 1. The summed E-state index contributed by atoms with van der Waals surface area (Å²) in [5.41, 5.74) is 3.73. The highest BCUT2D eigenvalue weighted by atomic mass is 19.1. The zero-order valence-corrected chi connectivity index (χ0v) is 22.8. The maximum Gasteiger partial charge on any atom is 0.252 e. The van der Waals surface area contributed by atoms with E-state index in [1.165, 1.54) is 0 Å². The van der Waals surface area contributed by atoms with Crippen molar-refractivity contribution in [2.45, 2.75) is 32.7 Å². The van der Waals surface area contributed by atoms with E-state index in [2.05, 4.69) is 37.4 Å². The number of piperazine rings is 1. The molecule has 0 atom stereocenters. The zero-order chi connectivity index (χ0) is 27.7. The van der Waals surface area contributed by atoms with E-state index in [4.69, 9.17) is 4.74 Å². The molecular weight excluding hydrogens is 499 g/mol. The minimum atomic E-state index is -0.607. The molecule has 2 aliphatic heterocycles. The molecule has 0 bridgehead atoms. The van der Waals surface area contributed by atoms with Gasteiger partial charge >= 0.3 is 0 Å². The Labute approximate surface area is 228 Å². The third-order valence-corrected chi connectivity index (χ3v) is 7.29. The quantitative estimate of drug-likeness (QED) is 0.402. The molecule has 3 N–H and O–H groups in total. The molecule has 1 fully saturated rings. The van der Waals surface area contributed by atoms with Gasteiger partial charge in [0.25, 0.3) is 5.91 Å². The Bertz CT molecular complexity index is 1390. The number of aromatic nitrogens is 2. The normalized spacial score (nSPS) is 16.7. The van der Waals surface area contributed by atoms with Crippen LogP contribution in [0.15, 0.2) is 36.5 Å². The summed E-state index contributed by atoms with van der Waals surface area (Å²) in [6, 6.07) is 9.43. The number of anilines is 3. The monoisotopic (exact) mass is 534 g/mol. The second-order valence-corrected chi connectivity index (χ2v) is 10.5. The van der Waals surface area contributed by atoms with Gasteiger partial charge in [0, 0.05) is 49.6 Å². The molecule has 0 aliphatic carbocycles. The predicted molar refractivity (Wildman–Crippen MR) is 149 cm³/mol. The fraction of sp³-hybridized carbons (Fsp3) is 0.414. The highest BCUT2D eigenvalue weighted by molar-refractivity contribution is 6.01. The first kappa shape index (κ1) is 26.8. The van der Waals surface area contributed by atoms with Gasteiger partial charge in [0.2, 0.25) is 5.95 Å². The number of ether oxygens (including phenoxy) is 1. The lowest BCUT2D eigenvalue weighted by Gasteiger charge is -2.34. The van der Waals surface area contributed by atoms with E-state index in [0.717, 1.165) is 49.2 Å². The Hall–Kier alpha value is -3.76. The topological polar surface area (TPSA) is 103 Å². The highest BCUT2D eigenvalue weighted by Crippen LogP contribution is 2.38. The number of aliphatic hydroxyl groups excluding tert-OH is 1. The van der Waals surface area contributed by atoms with Gasteiger partial charge in [-0.15, -0.1) is 0 Å². The van der Waals surface area contributed by atoms with Crippen LogP contribution in [0.1, 0.15) is 42.3 Å². The van der Waals surface area contributed by atoms with Crippen molar-refractivity contribution in [3.63, 3.8) is 0 Å². The van der Waals surface area contributed by atoms with E-state index < -0.39 is 11.4 Å². The first-order valence-electron chi connectivity index (χ1n) is 13.3. The van der Waals surface area contributed by atoms with Gasteiger partial charge in [-0.05, 0) is 75.7 Å². The molecule has 206 valence electrons. The maximum atomic E-state index is 15.1. The number of hydrogen-bond donors (Lipinski definition) is 3. The SMILES string of the molecule is CCOc1ccc(N2CCN(C)CC2)cc1Nc1ncc(F)c(-c2cc(CCO)c3c(c2)C(=O)NC3(C)C)n1. The third-order valence-electron chi connectivity index (χ3n) is 7.29. The van der Waals surface area contributed by atoms with Gasteiger partial charge in [-0.3, -0.25) is 4.79 Å². The molecule has 2 aliphatic rings. The van der Waals surface area contributed by atoms with Crippen molar-refractivity contribution in [1.29, 1.82) is 0 Å². The van der Waals surface area contributed by atoms with Crippen molar-refractivity contribution in [3.8, 4) is 17.0 Å². The minimum Gasteiger partial charge on any atom is -0.492 e. The summed E-state index contributed by atoms with van der Waals surface area (Å²) in [6.45, 7) is 9.93. The average Bonchev–Trinajstić information content (AvgIpc) is 3.14. The van der Waals surface area contributed by atoms with Crippen LogP contribution in [0.2, 0.25) is 0 Å². The zero-order valence-electron chi connectivity index (χ0n) is 22.8. The van der Waals surface area contributed by atoms with Crippen molar-refractivity contribution < 1.29 is 19.0 Å². The van der Waals surface area contributed by atoms with Crippen molar-refractivity contribution >= 4 is 23.2 Å². The minimum absolute atomic E-state index is 0.0696. The van der Waals surface area contributed by atoms with E-state index in [-0.39, 0.29) is 24.2 Å². The number of rotatable bonds is 8. The number of carbonyl (C=O) groups excluding carboxylic acids is 1. The number of benzene rings is 2. The Kier molecular flexibility index (Phi) is 7.42. The number of halogens is 1. The standard InChI is InChI=1S/C29H35FN6O3/c1-5-39-24-7-6-20(36-11-9-35(4)10-12-36)16-23(24)32-28-31-17-22(30)26(33-28)19-14-18(8-13-37)25-21(15-19)27(38)34-29(25,2)3/h6-7,14-17,37H,5,8-13H2,1-4H3,(H,34,38)(H,31,32,33). The maximum absolute atomic E-state index is 15.1. The Morgan fingerprint density at radius 3 is 2.67 bits per heavy atom. The molecule has 10 heteroatoms. The number of nitrogens with zero attached hydrogens (tertiary/aromatic N) is 4. The fourth-order valence-corrected chi connectivity index (χ4v) is 5.40. The number of likely N-dealkylation sites (N-methyl/N-ethyl adjacent to an activating group) is 1. The fourth-order valence-electron chi connectivity index (χ4n) is 5.40. The number of carbonyl (C=O) groups is 1. The summed E-state index contributed by atoms with van der Waals surface area (Å²) in [5, 5.41) is 15.9. The van der Waals surface area contributed by atoms with Crippen LogP contribution < -0.4 is 20.3 Å². The molecule has 0 unspecified atom stereocenters. The highest BCUT2D eigenvalue weighted by Gasteiger charge is 2.37. The smallest absolute Gasteiger partial charge is 0.252 e. The molecule has 5 rings (SSSR count). The number of aliphatic hydroxyl groups is 1. The van der Waals surface area contributed by atoms with Gasteiger partial charge in [-0.2, -0.15) is 0 Å². The lowest BCUT2D eigenvalue weighted by atomic mass is 9.86. The molecule has 3 heterocycles. The van der Waals surface area contributed by atoms with Gasteiger partial charge in [-0.25, -0.2) is 14.4 Å². The molecular formula is C29H35FN6O3. The van der Waals surface area contributed by atoms with Crippen LogP contribution in [0.25, 0.3) is 11.3 Å². The Morgan fingerprint density at radius 1 is 1.18 bits per heavy atom. The molecule has 3 aromatic rings. The van der Waals surface area contributed by atoms with Crippen LogP contribution in [0, 0.1) is 5.82 Å². The summed E-state index contributed by atoms with van der Waals surface area (Å²) >= 11 is 0. The van der Waals surface area contributed by atoms with Crippen molar-refractivity contribution in [2.24, 2.45) is 0 Å². The molecule has 1 amide bonds. The lowest BCUT2D eigenvalue weighted by molar-refractivity contribution is 0.0940. The van der Waals surface area contributed by atoms with Crippen LogP contribution in [0.3, 0.4) is 0 Å². The van der Waals surface area contributed by atoms with Crippen LogP contribution in [0.4, 0.5) is 21.7 Å². The summed E-state index contributed by atoms with van der Waals surface area (Å²) in [5.74, 6) is 0.0126. The molecule has 0 spiro atoms. The first-order chi connectivity index (χ1) is 18.7. The van der Waals surface area contributed by atoms with Gasteiger partial charge in [0.1, 0.15) is 11.4 Å². The number of nitrogens with one attached hydrogen (secondary N) is 2. The molecule has 1 aromatic heterocycles. The second kappa shape index (κ2) is 10.8. The van der Waals surface area contributed by atoms with E-state index in [1.807, 2.05) is 39.0 Å². The van der Waals surface area contributed by atoms with Crippen molar-refractivity contribution in [1.82, 2.24) is 20.2 Å². The average molecular weight is 535 g/mol. The summed E-state index contributed by atoms with van der Waals surface area (Å²) in [6.07, 6.45) is 1.46. The van der Waals surface area contributed by atoms with Gasteiger partial charge in [0.05, 0.1) is 24.0 Å². The lowest BCUT2D eigenvalue weighted by Crippen LogP contribution is -2.44. The summed E-state index contributed by atoms with van der Waals surface area (Å²) in [4.78, 5) is 26.1. The van der Waals surface area contributed by atoms with Gasteiger partial charge < -0.3 is 30.3 Å². The molecule has 39 heavy (non-hydrogen) atoms. The predicted octanol–water partition coefficient (Wildman–Crippen LogP) is 3.69. The van der Waals surface area contributed by atoms with Crippen LogP contribution in [-0.4, -0.2) is 72.3 Å². The van der Waals surface area contributed by atoms with Crippen LogP contribution in [0.5, 0.6) is 5.75 Å². The van der Waals surface area contributed by atoms with Gasteiger partial charge in [0.15, 0.2) is 5.82 Å². The van der Waals surface area contributed by atoms with E-state index in [1.54, 1.807) is 12.1 Å². The van der Waals surface area contributed by atoms with E-state index in [0.29, 0.717) is 35.6 Å². The second-order valence-electron chi connectivity index (χ2n) is 10.5. The number of hydrogen-bond acceptors (Lipinski definition) is 8. The largest absolute Gasteiger partial charge is 0.492 e. The van der Waals surface area contributed by atoms with Crippen molar-refractivity contribution in [3.05, 3.63) is 59.0 Å². The molecule has 1 saturated heterocycles. The Morgan fingerprint density at radius 2 is 1.95 bits per heavy atom. The molecule has 2 aromatic carbocycles. The van der Waals surface area contributed by atoms with Gasteiger partial charge in [-0.1, -0.05) is 0 Å². The van der Waals surface area contributed by atoms with Crippen LogP contribution in [-0.2, 0) is 12.0 Å². The molecule has 0 radical (unpaired) electrons. The third kappa shape index (κ3) is 5.39. The van der Waals surface area contributed by atoms with Crippen LogP contribution >= 0.6 is 0 Å². The first-order valence-corrected chi connectivity index (χ1v) is 13.3. The van der Waals surface area contributed by atoms with E-state index in [9.17, 15) is 9.90 Å².